The Morgan fingerprint density at radius 3 is 2.58 bits per heavy atom. The number of methoxy groups -OCH3 is 1. The highest BCUT2D eigenvalue weighted by Crippen LogP contribution is 2.34. The fraction of sp³-hybridized carbons (Fsp3) is 0.706. The summed E-state index contributed by atoms with van der Waals surface area (Å²) in [6.07, 6.45) is 3.47. The van der Waals surface area contributed by atoms with E-state index < -0.39 is 0 Å². The van der Waals surface area contributed by atoms with E-state index in [1.54, 1.807) is 19.4 Å². The van der Waals surface area contributed by atoms with Gasteiger partial charge >= 0.3 is 0 Å². The van der Waals surface area contributed by atoms with Crippen LogP contribution in [0.2, 0.25) is 0 Å². The molecule has 3 aliphatic heterocycles. The number of hydrogen-bond donors (Lipinski definition) is 0. The van der Waals surface area contributed by atoms with Crippen molar-refractivity contribution in [1.29, 1.82) is 0 Å². The lowest BCUT2D eigenvalue weighted by Gasteiger charge is -2.27. The van der Waals surface area contributed by atoms with E-state index in [2.05, 4.69) is 19.8 Å². The second-order valence-electron chi connectivity index (χ2n) is 6.95. The Bertz CT molecular complexity index is 591. The van der Waals surface area contributed by atoms with Gasteiger partial charge in [-0.2, -0.15) is 4.98 Å². The van der Waals surface area contributed by atoms with Crippen LogP contribution in [-0.2, 0) is 9.53 Å². The summed E-state index contributed by atoms with van der Waals surface area (Å²) in [5, 5.41) is 0. The van der Waals surface area contributed by atoms with Gasteiger partial charge in [0.05, 0.1) is 7.11 Å². The van der Waals surface area contributed by atoms with E-state index in [-0.39, 0.29) is 5.92 Å². The molecule has 4 heterocycles. The molecule has 0 radical (unpaired) electrons. The van der Waals surface area contributed by atoms with Gasteiger partial charge in [0.25, 0.3) is 0 Å². The molecule has 1 aromatic rings. The van der Waals surface area contributed by atoms with Crippen LogP contribution < -0.4 is 9.64 Å². The van der Waals surface area contributed by atoms with Crippen molar-refractivity contribution < 1.29 is 14.3 Å². The fourth-order valence-corrected chi connectivity index (χ4v) is 4.14. The number of fused-ring (bicyclic) bond motifs is 1. The molecule has 0 aliphatic carbocycles. The maximum atomic E-state index is 12.7. The molecule has 1 amide bonds. The monoisotopic (exact) mass is 332 g/mol. The van der Waals surface area contributed by atoms with Crippen molar-refractivity contribution in [2.45, 2.75) is 12.8 Å². The van der Waals surface area contributed by atoms with Crippen molar-refractivity contribution in [2.24, 2.45) is 17.8 Å². The van der Waals surface area contributed by atoms with Gasteiger partial charge in [-0.05, 0) is 12.8 Å². The van der Waals surface area contributed by atoms with Crippen molar-refractivity contribution in [3.8, 4) is 5.88 Å². The Hall–Kier alpha value is -1.89. The molecule has 0 saturated carbocycles. The molecule has 24 heavy (non-hydrogen) atoms. The standard InChI is InChI=1S/C17H24N4O3/c1-23-15-2-5-18-17(19-15)21-10-13-8-20(9-14(13)11-21)16(22)12-3-6-24-7-4-12/h2,5,12-14H,3-4,6-11H2,1H3. The Labute approximate surface area is 142 Å². The van der Waals surface area contributed by atoms with Gasteiger partial charge in [-0.15, -0.1) is 0 Å². The number of amides is 1. The average Bonchev–Trinajstić information content (AvgIpc) is 3.21. The molecule has 0 bridgehead atoms. The Morgan fingerprint density at radius 2 is 1.92 bits per heavy atom. The number of nitrogens with zero attached hydrogens (tertiary/aromatic N) is 4. The Balaban J connectivity index is 1.37. The van der Waals surface area contributed by atoms with Crippen LogP contribution in [0.3, 0.4) is 0 Å². The summed E-state index contributed by atoms with van der Waals surface area (Å²) in [6.45, 7) is 4.99. The first kappa shape index (κ1) is 15.6. The van der Waals surface area contributed by atoms with Crippen LogP contribution in [0.25, 0.3) is 0 Å². The first-order valence-corrected chi connectivity index (χ1v) is 8.73. The molecule has 3 fully saturated rings. The van der Waals surface area contributed by atoms with E-state index in [9.17, 15) is 4.79 Å². The van der Waals surface area contributed by atoms with Crippen molar-refractivity contribution in [3.63, 3.8) is 0 Å². The van der Waals surface area contributed by atoms with Gasteiger partial charge in [-0.1, -0.05) is 0 Å². The largest absolute Gasteiger partial charge is 0.481 e. The topological polar surface area (TPSA) is 67.8 Å². The molecule has 130 valence electrons. The fourth-order valence-electron chi connectivity index (χ4n) is 4.14. The lowest BCUT2D eigenvalue weighted by atomic mass is 9.99. The van der Waals surface area contributed by atoms with Crippen molar-refractivity contribution in [3.05, 3.63) is 12.3 Å². The predicted octanol–water partition coefficient (Wildman–Crippen LogP) is 0.806. The van der Waals surface area contributed by atoms with Crippen LogP contribution >= 0.6 is 0 Å². The molecule has 4 rings (SSSR count). The molecule has 0 N–H and O–H groups in total. The van der Waals surface area contributed by atoms with E-state index in [1.807, 2.05) is 0 Å². The minimum absolute atomic E-state index is 0.162. The number of rotatable bonds is 3. The van der Waals surface area contributed by atoms with Crippen molar-refractivity contribution in [1.82, 2.24) is 14.9 Å². The molecule has 3 saturated heterocycles. The third-order valence-corrected chi connectivity index (χ3v) is 5.48. The van der Waals surface area contributed by atoms with E-state index in [1.165, 1.54) is 0 Å². The summed E-state index contributed by atoms with van der Waals surface area (Å²) >= 11 is 0. The van der Waals surface area contributed by atoms with Gasteiger partial charge in [0, 0.05) is 69.4 Å². The zero-order valence-electron chi connectivity index (χ0n) is 14.1. The van der Waals surface area contributed by atoms with Gasteiger partial charge in [0.2, 0.25) is 17.7 Å². The molecule has 2 unspecified atom stereocenters. The van der Waals surface area contributed by atoms with E-state index in [4.69, 9.17) is 9.47 Å². The Kier molecular flexibility index (Phi) is 4.26. The minimum atomic E-state index is 0.162. The molecule has 7 nitrogen and oxygen atoms in total. The average molecular weight is 332 g/mol. The highest BCUT2D eigenvalue weighted by atomic mass is 16.5. The number of carbonyl (C=O) groups excluding carboxylic acids is 1. The summed E-state index contributed by atoms with van der Waals surface area (Å²) in [4.78, 5) is 25.8. The maximum absolute atomic E-state index is 12.7. The normalized spacial score (nSPS) is 27.4. The summed E-state index contributed by atoms with van der Waals surface area (Å²) in [5.74, 6) is 2.85. The first-order valence-electron chi connectivity index (χ1n) is 8.73. The van der Waals surface area contributed by atoms with Crippen LogP contribution in [-0.4, -0.2) is 67.3 Å². The number of aromatic nitrogens is 2. The molecule has 2 atom stereocenters. The molecular weight excluding hydrogens is 308 g/mol. The van der Waals surface area contributed by atoms with Crippen molar-refractivity contribution >= 4 is 11.9 Å². The molecule has 0 spiro atoms. The Morgan fingerprint density at radius 1 is 1.21 bits per heavy atom. The first-order chi connectivity index (χ1) is 11.7. The predicted molar refractivity (Wildman–Crippen MR) is 87.9 cm³/mol. The lowest BCUT2D eigenvalue weighted by molar-refractivity contribution is -0.137. The summed E-state index contributed by atoms with van der Waals surface area (Å²) in [6, 6.07) is 1.76. The number of ether oxygens (including phenoxy) is 2. The number of anilines is 1. The minimum Gasteiger partial charge on any atom is -0.481 e. The van der Waals surface area contributed by atoms with Crippen molar-refractivity contribution in [2.75, 3.05) is 51.4 Å². The third kappa shape index (κ3) is 2.92. The van der Waals surface area contributed by atoms with Gasteiger partial charge in [-0.25, -0.2) is 4.98 Å². The molecule has 1 aromatic heterocycles. The second kappa shape index (κ2) is 6.55. The second-order valence-corrected chi connectivity index (χ2v) is 6.95. The molecule has 0 aromatic carbocycles. The number of likely N-dealkylation sites (tertiary alicyclic amines) is 1. The maximum Gasteiger partial charge on any atom is 0.228 e. The number of hydrogen-bond acceptors (Lipinski definition) is 6. The van der Waals surface area contributed by atoms with E-state index >= 15 is 0 Å². The van der Waals surface area contributed by atoms with E-state index in [0.29, 0.717) is 23.6 Å². The molecule has 7 heteroatoms. The van der Waals surface area contributed by atoms with Gasteiger partial charge in [-0.3, -0.25) is 4.79 Å². The number of carbonyl (C=O) groups is 1. The summed E-state index contributed by atoms with van der Waals surface area (Å²) < 4.78 is 10.6. The molecular formula is C17H24N4O3. The smallest absolute Gasteiger partial charge is 0.228 e. The van der Waals surface area contributed by atoms with Crippen LogP contribution in [0, 0.1) is 17.8 Å². The van der Waals surface area contributed by atoms with Crippen LogP contribution in [0.4, 0.5) is 5.95 Å². The summed E-state index contributed by atoms with van der Waals surface area (Å²) in [7, 11) is 1.62. The van der Waals surface area contributed by atoms with Gasteiger partial charge < -0.3 is 19.3 Å². The quantitative estimate of drug-likeness (QED) is 0.816. The highest BCUT2D eigenvalue weighted by Gasteiger charge is 2.43. The summed E-state index contributed by atoms with van der Waals surface area (Å²) in [5.41, 5.74) is 0. The SMILES string of the molecule is COc1ccnc(N2CC3CN(C(=O)C4CCOCC4)CC3C2)n1. The van der Waals surface area contributed by atoms with Gasteiger partial charge in [0.15, 0.2) is 0 Å². The van der Waals surface area contributed by atoms with Gasteiger partial charge in [0.1, 0.15) is 0 Å². The van der Waals surface area contributed by atoms with E-state index in [0.717, 1.165) is 58.2 Å². The highest BCUT2D eigenvalue weighted by molar-refractivity contribution is 5.79. The van der Waals surface area contributed by atoms with Crippen LogP contribution in [0.15, 0.2) is 12.3 Å². The zero-order chi connectivity index (χ0) is 16.5. The van der Waals surface area contributed by atoms with Crippen LogP contribution in [0.1, 0.15) is 12.8 Å². The third-order valence-electron chi connectivity index (χ3n) is 5.48. The van der Waals surface area contributed by atoms with Crippen LogP contribution in [0.5, 0.6) is 5.88 Å². The lowest BCUT2D eigenvalue weighted by Crippen LogP contribution is -2.39. The zero-order valence-corrected chi connectivity index (χ0v) is 14.1. The molecule has 3 aliphatic rings.